The third kappa shape index (κ3) is 3.40. The van der Waals surface area contributed by atoms with Gasteiger partial charge in [0.2, 0.25) is 15.7 Å². The molecular formula is C23H27N3O5S. The molecule has 5 rings (SSSR count). The fourth-order valence-corrected chi connectivity index (χ4v) is 5.77. The first-order valence-corrected chi connectivity index (χ1v) is 12.5. The lowest BCUT2D eigenvalue weighted by Gasteiger charge is -2.50. The minimum absolute atomic E-state index is 0.0199. The third-order valence-electron chi connectivity index (χ3n) is 6.60. The maximum atomic E-state index is 12.1. The number of rotatable bonds is 4. The number of hydrogen-bond acceptors (Lipinski definition) is 7. The van der Waals surface area contributed by atoms with E-state index in [9.17, 15) is 8.42 Å². The van der Waals surface area contributed by atoms with E-state index in [0.717, 1.165) is 28.3 Å². The van der Waals surface area contributed by atoms with Crippen LogP contribution in [0.3, 0.4) is 0 Å². The largest absolute Gasteiger partial charge is 0.497 e. The SMILES string of the molecule is COc1ccc(C2=NN3[C@H](C2)c2ccccc2OC32CCN(S(C)(=O)=O)CC2)c(OC)c1. The summed E-state index contributed by atoms with van der Waals surface area (Å²) in [5.74, 6) is 2.28. The van der Waals surface area contributed by atoms with Crippen molar-refractivity contribution in [1.82, 2.24) is 9.31 Å². The highest BCUT2D eigenvalue weighted by Gasteiger charge is 2.52. The Morgan fingerprint density at radius 2 is 1.84 bits per heavy atom. The molecule has 3 aliphatic heterocycles. The molecule has 0 unspecified atom stereocenters. The number of hydrogen-bond donors (Lipinski definition) is 0. The number of methoxy groups -OCH3 is 2. The molecule has 2 aromatic carbocycles. The van der Waals surface area contributed by atoms with Crippen LogP contribution < -0.4 is 14.2 Å². The quantitative estimate of drug-likeness (QED) is 0.702. The second-order valence-electron chi connectivity index (χ2n) is 8.43. The van der Waals surface area contributed by atoms with Crippen molar-refractivity contribution in [2.24, 2.45) is 5.10 Å². The Labute approximate surface area is 188 Å². The Hall–Kier alpha value is -2.78. The molecule has 8 nitrogen and oxygen atoms in total. The minimum Gasteiger partial charge on any atom is -0.497 e. The lowest BCUT2D eigenvalue weighted by Crippen LogP contribution is -2.59. The van der Waals surface area contributed by atoms with Crippen LogP contribution in [-0.2, 0) is 10.0 Å². The van der Waals surface area contributed by atoms with E-state index in [2.05, 4.69) is 11.1 Å². The molecule has 170 valence electrons. The van der Waals surface area contributed by atoms with Crippen LogP contribution in [0.2, 0.25) is 0 Å². The van der Waals surface area contributed by atoms with Gasteiger partial charge in [-0.3, -0.25) is 0 Å². The first-order valence-electron chi connectivity index (χ1n) is 10.7. The van der Waals surface area contributed by atoms with Gasteiger partial charge in [0, 0.05) is 49.5 Å². The summed E-state index contributed by atoms with van der Waals surface area (Å²) in [5.41, 5.74) is 2.25. The molecule has 1 saturated heterocycles. The number of ether oxygens (including phenoxy) is 3. The molecule has 32 heavy (non-hydrogen) atoms. The number of benzene rings is 2. The first kappa shape index (κ1) is 21.1. The molecule has 3 heterocycles. The normalized spacial score (nSPS) is 22.0. The van der Waals surface area contributed by atoms with Crippen molar-refractivity contribution in [1.29, 1.82) is 0 Å². The van der Waals surface area contributed by atoms with Gasteiger partial charge in [0.1, 0.15) is 17.2 Å². The summed E-state index contributed by atoms with van der Waals surface area (Å²) in [6.45, 7) is 0.807. The molecule has 3 aliphatic rings. The van der Waals surface area contributed by atoms with Crippen LogP contribution in [0.5, 0.6) is 17.2 Å². The van der Waals surface area contributed by atoms with Crippen LogP contribution in [0.4, 0.5) is 0 Å². The van der Waals surface area contributed by atoms with E-state index >= 15 is 0 Å². The molecule has 1 fully saturated rings. The van der Waals surface area contributed by atoms with Gasteiger partial charge in [-0.15, -0.1) is 0 Å². The van der Waals surface area contributed by atoms with Gasteiger partial charge in [-0.1, -0.05) is 18.2 Å². The Bertz CT molecular complexity index is 1170. The van der Waals surface area contributed by atoms with Gasteiger partial charge in [-0.25, -0.2) is 17.7 Å². The number of piperidine rings is 1. The van der Waals surface area contributed by atoms with Crippen LogP contribution >= 0.6 is 0 Å². The Kier molecular flexibility index (Phi) is 5.05. The van der Waals surface area contributed by atoms with Crippen molar-refractivity contribution in [2.75, 3.05) is 33.6 Å². The maximum Gasteiger partial charge on any atom is 0.211 e. The predicted octanol–water partition coefficient (Wildman–Crippen LogP) is 3.00. The molecule has 0 bridgehead atoms. The average molecular weight is 458 g/mol. The summed E-state index contributed by atoms with van der Waals surface area (Å²) in [4.78, 5) is 0. The zero-order valence-corrected chi connectivity index (χ0v) is 19.3. The van der Waals surface area contributed by atoms with Crippen molar-refractivity contribution < 1.29 is 22.6 Å². The van der Waals surface area contributed by atoms with Gasteiger partial charge < -0.3 is 14.2 Å². The summed E-state index contributed by atoms with van der Waals surface area (Å²) < 4.78 is 43.2. The molecule has 0 saturated carbocycles. The smallest absolute Gasteiger partial charge is 0.211 e. The van der Waals surface area contributed by atoms with Crippen molar-refractivity contribution in [3.63, 3.8) is 0 Å². The van der Waals surface area contributed by atoms with Gasteiger partial charge in [-0.2, -0.15) is 5.10 Å². The van der Waals surface area contributed by atoms with E-state index in [4.69, 9.17) is 19.3 Å². The summed E-state index contributed by atoms with van der Waals surface area (Å²) in [6.07, 6.45) is 3.05. The molecule has 1 atom stereocenters. The maximum absolute atomic E-state index is 12.1. The summed E-state index contributed by atoms with van der Waals surface area (Å²) in [7, 11) is 0.0303. The zero-order valence-electron chi connectivity index (χ0n) is 18.4. The van der Waals surface area contributed by atoms with E-state index < -0.39 is 15.7 Å². The monoisotopic (exact) mass is 457 g/mol. The second-order valence-corrected chi connectivity index (χ2v) is 10.4. The van der Waals surface area contributed by atoms with Crippen LogP contribution in [0.15, 0.2) is 47.6 Å². The van der Waals surface area contributed by atoms with Gasteiger partial charge in [-0.05, 0) is 18.2 Å². The van der Waals surface area contributed by atoms with Crippen molar-refractivity contribution in [2.45, 2.75) is 31.0 Å². The number of fused-ring (bicyclic) bond motifs is 4. The van der Waals surface area contributed by atoms with Gasteiger partial charge in [0.05, 0.1) is 32.2 Å². The fraction of sp³-hybridized carbons (Fsp3) is 0.435. The fourth-order valence-electron chi connectivity index (χ4n) is 4.93. The molecule has 0 aliphatic carbocycles. The number of sulfonamides is 1. The van der Waals surface area contributed by atoms with Crippen LogP contribution in [0.25, 0.3) is 0 Å². The van der Waals surface area contributed by atoms with Gasteiger partial charge >= 0.3 is 0 Å². The topological polar surface area (TPSA) is 80.7 Å². The Balaban J connectivity index is 1.55. The van der Waals surface area contributed by atoms with Crippen molar-refractivity contribution in [3.05, 3.63) is 53.6 Å². The minimum atomic E-state index is -3.24. The van der Waals surface area contributed by atoms with E-state index in [1.165, 1.54) is 10.6 Å². The average Bonchev–Trinajstić information content (AvgIpc) is 3.25. The van der Waals surface area contributed by atoms with E-state index in [-0.39, 0.29) is 6.04 Å². The number of nitrogens with zero attached hydrogens (tertiary/aromatic N) is 3. The third-order valence-corrected chi connectivity index (χ3v) is 7.90. The lowest BCUT2D eigenvalue weighted by atomic mass is 9.91. The molecule has 0 N–H and O–H groups in total. The first-order chi connectivity index (χ1) is 15.3. The predicted molar refractivity (Wildman–Crippen MR) is 121 cm³/mol. The second kappa shape index (κ2) is 7.67. The molecule has 0 aromatic heterocycles. The Morgan fingerprint density at radius 1 is 1.09 bits per heavy atom. The van der Waals surface area contributed by atoms with E-state index in [1.807, 2.05) is 36.4 Å². The van der Waals surface area contributed by atoms with Crippen LogP contribution in [0, 0.1) is 0 Å². The van der Waals surface area contributed by atoms with Crippen LogP contribution in [0.1, 0.15) is 36.4 Å². The highest BCUT2D eigenvalue weighted by Crippen LogP contribution is 2.50. The standard InChI is InChI=1S/C23H27N3O5S/c1-29-16-8-9-17(22(14-16)30-2)19-15-20-18-6-4-5-7-21(18)31-23(26(20)24-19)10-12-25(13-11-23)32(3,27)28/h4-9,14,20H,10-13,15H2,1-3H3/t20-/m1/s1. The molecule has 2 aromatic rings. The summed E-state index contributed by atoms with van der Waals surface area (Å²) >= 11 is 0. The van der Waals surface area contributed by atoms with Crippen molar-refractivity contribution in [3.8, 4) is 17.2 Å². The van der Waals surface area contributed by atoms with E-state index in [1.54, 1.807) is 14.2 Å². The van der Waals surface area contributed by atoms with Crippen LogP contribution in [-0.4, -0.2) is 62.7 Å². The van der Waals surface area contributed by atoms with Crippen molar-refractivity contribution >= 4 is 15.7 Å². The molecule has 0 radical (unpaired) electrons. The summed E-state index contributed by atoms with van der Waals surface area (Å²) in [5, 5.41) is 7.11. The molecular weight excluding hydrogens is 430 g/mol. The van der Waals surface area contributed by atoms with E-state index in [0.29, 0.717) is 38.1 Å². The summed E-state index contributed by atoms with van der Waals surface area (Å²) in [6, 6.07) is 13.8. The zero-order chi connectivity index (χ0) is 22.5. The molecule has 1 spiro atoms. The number of para-hydroxylation sites is 1. The molecule has 9 heteroatoms. The van der Waals surface area contributed by atoms with Gasteiger partial charge in [0.25, 0.3) is 0 Å². The Morgan fingerprint density at radius 3 is 2.53 bits per heavy atom. The highest BCUT2D eigenvalue weighted by atomic mass is 32.2. The van der Waals surface area contributed by atoms with Gasteiger partial charge in [0.15, 0.2) is 0 Å². The lowest BCUT2D eigenvalue weighted by molar-refractivity contribution is -0.143. The number of hydrazone groups is 1. The highest BCUT2D eigenvalue weighted by molar-refractivity contribution is 7.88. The molecule has 0 amide bonds.